The molecule has 3 aromatic rings. The van der Waals surface area contributed by atoms with Gasteiger partial charge in [0.05, 0.1) is 38.2 Å². The number of carbonyl (C=O) groups is 1. The summed E-state index contributed by atoms with van der Waals surface area (Å²) in [5.41, 5.74) is 2.52. The van der Waals surface area contributed by atoms with Crippen LogP contribution in [0.3, 0.4) is 0 Å². The van der Waals surface area contributed by atoms with Crippen LogP contribution in [0, 0.1) is 0 Å². The van der Waals surface area contributed by atoms with Gasteiger partial charge in [0, 0.05) is 0 Å². The summed E-state index contributed by atoms with van der Waals surface area (Å²) in [4.78, 5) is 12.8. The Hall–Kier alpha value is -3.39. The molecule has 8 heteroatoms. The topological polar surface area (TPSA) is 87.5 Å². The smallest absolute Gasteiger partial charge is 0.278 e. The number of nitrogens with one attached hydrogen (secondary N) is 1. The lowest BCUT2D eigenvalue weighted by atomic mass is 10.1. The molecule has 0 bridgehead atoms. The summed E-state index contributed by atoms with van der Waals surface area (Å²) < 4.78 is 18.5. The van der Waals surface area contributed by atoms with Gasteiger partial charge in [0.1, 0.15) is 17.6 Å². The summed E-state index contributed by atoms with van der Waals surface area (Å²) in [6.45, 7) is 3.14. The first-order valence-electron chi connectivity index (χ1n) is 9.40. The van der Waals surface area contributed by atoms with Crippen molar-refractivity contribution in [2.24, 2.45) is 0 Å². The highest BCUT2D eigenvalue weighted by molar-refractivity contribution is 6.04. The Labute approximate surface area is 168 Å². The van der Waals surface area contributed by atoms with Crippen molar-refractivity contribution >= 4 is 11.6 Å². The minimum atomic E-state index is -0.343. The van der Waals surface area contributed by atoms with Crippen molar-refractivity contribution < 1.29 is 19.0 Å². The molecule has 1 amide bonds. The van der Waals surface area contributed by atoms with E-state index in [0.717, 1.165) is 11.3 Å². The molecule has 0 saturated carbocycles. The van der Waals surface area contributed by atoms with Gasteiger partial charge in [-0.2, -0.15) is 0 Å². The molecular weight excluding hydrogens is 372 g/mol. The number of anilines is 1. The molecule has 0 spiro atoms. The van der Waals surface area contributed by atoms with Crippen LogP contribution in [0.2, 0.25) is 0 Å². The van der Waals surface area contributed by atoms with Gasteiger partial charge in [-0.25, -0.2) is 4.68 Å². The van der Waals surface area contributed by atoms with Crippen LogP contribution in [0.4, 0.5) is 5.69 Å². The quantitative estimate of drug-likeness (QED) is 0.691. The van der Waals surface area contributed by atoms with Gasteiger partial charge in [-0.1, -0.05) is 29.5 Å². The number of rotatable bonds is 6. The molecule has 0 fully saturated rings. The van der Waals surface area contributed by atoms with Crippen molar-refractivity contribution in [2.75, 3.05) is 19.0 Å². The van der Waals surface area contributed by atoms with Gasteiger partial charge in [0.2, 0.25) is 0 Å². The molecule has 0 saturated heterocycles. The Balaban J connectivity index is 1.50. The highest BCUT2D eigenvalue weighted by Gasteiger charge is 2.28. The minimum absolute atomic E-state index is 0.162. The number of carbonyl (C=O) groups excluding carboxylic acids is 1. The summed E-state index contributed by atoms with van der Waals surface area (Å²) in [7, 11) is 1.63. The summed E-state index contributed by atoms with van der Waals surface area (Å²) in [6.07, 6.45) is -0.162. The lowest BCUT2D eigenvalue weighted by molar-refractivity contribution is -0.00173. The molecule has 4 rings (SSSR count). The zero-order chi connectivity index (χ0) is 20.2. The van der Waals surface area contributed by atoms with E-state index in [0.29, 0.717) is 30.3 Å². The number of benzene rings is 2. The third-order valence-electron chi connectivity index (χ3n) is 4.74. The van der Waals surface area contributed by atoms with Gasteiger partial charge in [-0.15, -0.1) is 5.10 Å². The van der Waals surface area contributed by atoms with Crippen molar-refractivity contribution in [1.82, 2.24) is 15.0 Å². The number of methoxy groups -OCH3 is 1. The van der Waals surface area contributed by atoms with Crippen LogP contribution in [0.5, 0.6) is 11.5 Å². The molecule has 1 aliphatic heterocycles. The lowest BCUT2D eigenvalue weighted by Gasteiger charge is -2.24. The largest absolute Gasteiger partial charge is 0.497 e. The van der Waals surface area contributed by atoms with Gasteiger partial charge < -0.3 is 19.5 Å². The molecule has 1 aromatic heterocycles. The van der Waals surface area contributed by atoms with Crippen LogP contribution in [0.15, 0.2) is 48.5 Å². The number of nitrogens with zero attached hydrogens (tertiary/aromatic N) is 3. The maximum atomic E-state index is 12.8. The standard InChI is InChI=1S/C21H22N4O4/c1-3-28-18-7-5-4-6-16(18)22-21(26)20-17-13-29-19(12-25(17)24-23-20)14-8-10-15(27-2)11-9-14/h4-11,19H,3,12-13H2,1-2H3,(H,22,26). The zero-order valence-corrected chi connectivity index (χ0v) is 16.3. The molecule has 1 N–H and O–H groups in total. The van der Waals surface area contributed by atoms with E-state index in [1.54, 1.807) is 17.9 Å². The molecular formula is C21H22N4O4. The number of aromatic nitrogens is 3. The highest BCUT2D eigenvalue weighted by Crippen LogP contribution is 2.29. The average molecular weight is 394 g/mol. The maximum absolute atomic E-state index is 12.8. The zero-order valence-electron chi connectivity index (χ0n) is 16.3. The number of fused-ring (bicyclic) bond motifs is 1. The molecule has 2 heterocycles. The fourth-order valence-electron chi connectivity index (χ4n) is 3.24. The molecule has 29 heavy (non-hydrogen) atoms. The second-order valence-electron chi connectivity index (χ2n) is 6.52. The van der Waals surface area contributed by atoms with E-state index in [9.17, 15) is 4.79 Å². The first-order valence-corrected chi connectivity index (χ1v) is 9.40. The summed E-state index contributed by atoms with van der Waals surface area (Å²) >= 11 is 0. The van der Waals surface area contributed by atoms with E-state index in [-0.39, 0.29) is 24.3 Å². The summed E-state index contributed by atoms with van der Waals surface area (Å²) in [5, 5.41) is 11.1. The van der Waals surface area contributed by atoms with Crippen LogP contribution < -0.4 is 14.8 Å². The summed E-state index contributed by atoms with van der Waals surface area (Å²) in [5.74, 6) is 1.06. The number of ether oxygens (including phenoxy) is 3. The Morgan fingerprint density at radius 1 is 1.24 bits per heavy atom. The second kappa shape index (κ2) is 8.32. The first-order chi connectivity index (χ1) is 14.2. The SMILES string of the molecule is CCOc1ccccc1NC(=O)c1nnn2c1COC(c1ccc(OC)cc1)C2. The molecule has 1 unspecified atom stereocenters. The maximum Gasteiger partial charge on any atom is 0.278 e. The van der Waals surface area contributed by atoms with E-state index < -0.39 is 0 Å². The fraction of sp³-hybridized carbons (Fsp3) is 0.286. The minimum Gasteiger partial charge on any atom is -0.497 e. The van der Waals surface area contributed by atoms with E-state index in [1.807, 2.05) is 49.4 Å². The third-order valence-corrected chi connectivity index (χ3v) is 4.74. The number of amides is 1. The van der Waals surface area contributed by atoms with Gasteiger partial charge in [0.25, 0.3) is 5.91 Å². The van der Waals surface area contributed by atoms with Crippen molar-refractivity contribution in [3.8, 4) is 11.5 Å². The normalized spacial score (nSPS) is 15.4. The molecule has 2 aromatic carbocycles. The molecule has 0 aliphatic carbocycles. The first kappa shape index (κ1) is 18.9. The van der Waals surface area contributed by atoms with Gasteiger partial charge in [0.15, 0.2) is 5.69 Å². The fourth-order valence-corrected chi connectivity index (χ4v) is 3.24. The lowest BCUT2D eigenvalue weighted by Crippen LogP contribution is -2.24. The van der Waals surface area contributed by atoms with Crippen molar-refractivity contribution in [2.45, 2.75) is 26.2 Å². The Morgan fingerprint density at radius 2 is 2.03 bits per heavy atom. The molecule has 150 valence electrons. The van der Waals surface area contributed by atoms with Gasteiger partial charge >= 0.3 is 0 Å². The predicted octanol–water partition coefficient (Wildman–Crippen LogP) is 3.21. The third kappa shape index (κ3) is 3.93. The van der Waals surface area contributed by atoms with Crippen LogP contribution >= 0.6 is 0 Å². The number of para-hydroxylation sites is 2. The number of hydrogen-bond acceptors (Lipinski definition) is 6. The molecule has 8 nitrogen and oxygen atoms in total. The van der Waals surface area contributed by atoms with Crippen molar-refractivity contribution in [3.05, 3.63) is 65.5 Å². The Bertz CT molecular complexity index is 1000. The van der Waals surface area contributed by atoms with E-state index >= 15 is 0 Å². The monoisotopic (exact) mass is 394 g/mol. The highest BCUT2D eigenvalue weighted by atomic mass is 16.5. The summed E-state index contributed by atoms with van der Waals surface area (Å²) in [6, 6.07) is 15.0. The van der Waals surface area contributed by atoms with Crippen molar-refractivity contribution in [3.63, 3.8) is 0 Å². The number of hydrogen-bond donors (Lipinski definition) is 1. The second-order valence-corrected chi connectivity index (χ2v) is 6.52. The average Bonchev–Trinajstić information content (AvgIpc) is 3.19. The Morgan fingerprint density at radius 3 is 2.79 bits per heavy atom. The van der Waals surface area contributed by atoms with E-state index in [2.05, 4.69) is 15.6 Å². The van der Waals surface area contributed by atoms with Crippen LogP contribution in [-0.4, -0.2) is 34.6 Å². The van der Waals surface area contributed by atoms with Crippen LogP contribution in [-0.2, 0) is 17.9 Å². The van der Waals surface area contributed by atoms with E-state index in [1.165, 1.54) is 0 Å². The van der Waals surface area contributed by atoms with Crippen molar-refractivity contribution in [1.29, 1.82) is 0 Å². The molecule has 0 radical (unpaired) electrons. The molecule has 1 atom stereocenters. The van der Waals surface area contributed by atoms with Gasteiger partial charge in [-0.3, -0.25) is 4.79 Å². The Kier molecular flexibility index (Phi) is 5.44. The molecule has 1 aliphatic rings. The van der Waals surface area contributed by atoms with Crippen LogP contribution in [0.1, 0.15) is 34.8 Å². The predicted molar refractivity (Wildman–Crippen MR) is 106 cm³/mol. The van der Waals surface area contributed by atoms with Gasteiger partial charge in [-0.05, 0) is 36.8 Å². The van der Waals surface area contributed by atoms with E-state index in [4.69, 9.17) is 14.2 Å². The van der Waals surface area contributed by atoms with Crippen LogP contribution in [0.25, 0.3) is 0 Å².